The van der Waals surface area contributed by atoms with Gasteiger partial charge in [-0.25, -0.2) is 0 Å². The highest BCUT2D eigenvalue weighted by Crippen LogP contribution is 2.40. The fourth-order valence-corrected chi connectivity index (χ4v) is 3.82. The zero-order chi connectivity index (χ0) is 16.6. The number of fused-ring (bicyclic) bond motifs is 1. The van der Waals surface area contributed by atoms with Crippen molar-refractivity contribution in [1.82, 2.24) is 5.32 Å². The molecule has 3 N–H and O–H groups in total. The predicted octanol–water partition coefficient (Wildman–Crippen LogP) is 2.00. The van der Waals surface area contributed by atoms with Crippen LogP contribution in [-0.2, 0) is 11.0 Å². The summed E-state index contributed by atoms with van der Waals surface area (Å²) >= 11 is 0. The number of anilines is 1. The number of amides is 1. The minimum Gasteiger partial charge on any atom is -0.371 e. The Morgan fingerprint density at radius 2 is 1.91 bits per heavy atom. The summed E-state index contributed by atoms with van der Waals surface area (Å²) in [5, 5.41) is 3.20. The van der Waals surface area contributed by atoms with E-state index in [9.17, 15) is 18.0 Å². The van der Waals surface area contributed by atoms with Gasteiger partial charge in [0.25, 0.3) is 0 Å². The molecule has 1 aromatic carbocycles. The standard InChI is InChI=1S/C16H20F3N3O/c17-16(18,19)11-2-4-12(5-3-11)22-8-10-1-6-14(13(10)9-22)21-7-15(20)23/h2-5,10,13-14,21H,1,6-9H2,(H2,20,23)/t10-,13?,14?/m1/s1. The molecular weight excluding hydrogens is 307 g/mol. The van der Waals surface area contributed by atoms with Crippen molar-refractivity contribution < 1.29 is 18.0 Å². The molecule has 1 aliphatic carbocycles. The first-order valence-corrected chi connectivity index (χ1v) is 7.78. The number of primary amides is 1. The highest BCUT2D eigenvalue weighted by molar-refractivity contribution is 5.75. The van der Waals surface area contributed by atoms with E-state index in [1.54, 1.807) is 0 Å². The van der Waals surface area contributed by atoms with E-state index < -0.39 is 11.7 Å². The number of nitrogens with one attached hydrogen (secondary N) is 1. The smallest absolute Gasteiger partial charge is 0.371 e. The minimum atomic E-state index is -4.30. The van der Waals surface area contributed by atoms with Gasteiger partial charge in [0.05, 0.1) is 12.1 Å². The SMILES string of the molecule is NC(=O)CNC1CC[C@@H]2CN(c3ccc(C(F)(F)F)cc3)CC12. The number of alkyl halides is 3. The number of benzene rings is 1. The second-order valence-corrected chi connectivity index (χ2v) is 6.40. The van der Waals surface area contributed by atoms with Crippen molar-refractivity contribution in [2.24, 2.45) is 17.6 Å². The van der Waals surface area contributed by atoms with Crippen LogP contribution < -0.4 is 16.0 Å². The molecule has 1 aromatic rings. The maximum atomic E-state index is 12.6. The topological polar surface area (TPSA) is 58.4 Å². The van der Waals surface area contributed by atoms with Crippen molar-refractivity contribution in [2.45, 2.75) is 25.1 Å². The molecule has 1 heterocycles. The van der Waals surface area contributed by atoms with Crippen molar-refractivity contribution in [1.29, 1.82) is 0 Å². The van der Waals surface area contributed by atoms with E-state index >= 15 is 0 Å². The van der Waals surface area contributed by atoms with Crippen LogP contribution in [0.3, 0.4) is 0 Å². The van der Waals surface area contributed by atoms with E-state index in [0.29, 0.717) is 11.8 Å². The van der Waals surface area contributed by atoms with Gasteiger partial charge in [0.15, 0.2) is 0 Å². The molecule has 23 heavy (non-hydrogen) atoms. The van der Waals surface area contributed by atoms with Crippen LogP contribution in [-0.4, -0.2) is 31.6 Å². The number of carbonyl (C=O) groups excluding carboxylic acids is 1. The summed E-state index contributed by atoms with van der Waals surface area (Å²) in [6.07, 6.45) is -2.22. The van der Waals surface area contributed by atoms with E-state index in [1.165, 1.54) is 12.1 Å². The van der Waals surface area contributed by atoms with Crippen LogP contribution >= 0.6 is 0 Å². The minimum absolute atomic E-state index is 0.175. The summed E-state index contributed by atoms with van der Waals surface area (Å²) in [7, 11) is 0. The zero-order valence-corrected chi connectivity index (χ0v) is 12.6. The Morgan fingerprint density at radius 1 is 1.22 bits per heavy atom. The third kappa shape index (κ3) is 3.44. The summed E-state index contributed by atoms with van der Waals surface area (Å²) in [6, 6.07) is 5.59. The fraction of sp³-hybridized carbons (Fsp3) is 0.562. The number of hydrogen-bond donors (Lipinski definition) is 2. The lowest BCUT2D eigenvalue weighted by molar-refractivity contribution is -0.137. The summed E-state index contributed by atoms with van der Waals surface area (Å²) < 4.78 is 37.9. The van der Waals surface area contributed by atoms with Gasteiger partial charge in [0, 0.05) is 24.8 Å². The van der Waals surface area contributed by atoms with Crippen molar-refractivity contribution >= 4 is 11.6 Å². The van der Waals surface area contributed by atoms with Crippen LogP contribution in [0.1, 0.15) is 18.4 Å². The maximum Gasteiger partial charge on any atom is 0.416 e. The molecule has 1 amide bonds. The van der Waals surface area contributed by atoms with Gasteiger partial charge in [-0.05, 0) is 48.9 Å². The van der Waals surface area contributed by atoms with Crippen molar-refractivity contribution in [3.8, 4) is 0 Å². The molecule has 3 rings (SSSR count). The van der Waals surface area contributed by atoms with Gasteiger partial charge in [0.1, 0.15) is 0 Å². The molecule has 2 unspecified atom stereocenters. The Bertz CT molecular complexity index is 573. The number of halogens is 3. The quantitative estimate of drug-likeness (QED) is 0.889. The van der Waals surface area contributed by atoms with Crippen molar-refractivity contribution in [3.05, 3.63) is 29.8 Å². The fourth-order valence-electron chi connectivity index (χ4n) is 3.82. The Kier molecular flexibility index (Phi) is 4.23. The van der Waals surface area contributed by atoms with Gasteiger partial charge in [-0.2, -0.15) is 13.2 Å². The molecule has 3 atom stereocenters. The van der Waals surface area contributed by atoms with E-state index in [-0.39, 0.29) is 18.5 Å². The molecule has 2 aliphatic rings. The summed E-state index contributed by atoms with van der Waals surface area (Å²) in [5.41, 5.74) is 5.37. The predicted molar refractivity (Wildman–Crippen MR) is 80.9 cm³/mol. The van der Waals surface area contributed by atoms with Gasteiger partial charge >= 0.3 is 6.18 Å². The van der Waals surface area contributed by atoms with E-state index in [1.807, 2.05) is 0 Å². The molecule has 1 aliphatic heterocycles. The largest absolute Gasteiger partial charge is 0.416 e. The molecule has 0 radical (unpaired) electrons. The Morgan fingerprint density at radius 3 is 2.52 bits per heavy atom. The first-order valence-electron chi connectivity index (χ1n) is 7.78. The van der Waals surface area contributed by atoms with Crippen LogP contribution in [0.25, 0.3) is 0 Å². The molecule has 126 valence electrons. The zero-order valence-electron chi connectivity index (χ0n) is 12.6. The molecular formula is C16H20F3N3O. The van der Waals surface area contributed by atoms with Crippen molar-refractivity contribution in [3.63, 3.8) is 0 Å². The number of rotatable bonds is 4. The molecule has 7 heteroatoms. The molecule has 0 spiro atoms. The molecule has 4 nitrogen and oxygen atoms in total. The highest BCUT2D eigenvalue weighted by atomic mass is 19.4. The molecule has 0 bridgehead atoms. The first kappa shape index (κ1) is 16.1. The molecule has 2 fully saturated rings. The normalized spacial score (nSPS) is 27.3. The average Bonchev–Trinajstić information content (AvgIpc) is 3.05. The third-order valence-electron chi connectivity index (χ3n) is 4.96. The van der Waals surface area contributed by atoms with Gasteiger partial charge < -0.3 is 16.0 Å². The lowest BCUT2D eigenvalue weighted by Crippen LogP contribution is -2.40. The van der Waals surface area contributed by atoms with Gasteiger partial charge in [-0.1, -0.05) is 0 Å². The van der Waals surface area contributed by atoms with Gasteiger partial charge in [-0.3, -0.25) is 4.79 Å². The second-order valence-electron chi connectivity index (χ2n) is 6.40. The molecule has 1 saturated carbocycles. The monoisotopic (exact) mass is 327 g/mol. The van der Waals surface area contributed by atoms with Crippen LogP contribution in [0.5, 0.6) is 0 Å². The maximum absolute atomic E-state index is 12.6. The number of hydrogen-bond acceptors (Lipinski definition) is 3. The van der Waals surface area contributed by atoms with Gasteiger partial charge in [-0.15, -0.1) is 0 Å². The third-order valence-corrected chi connectivity index (χ3v) is 4.96. The van der Waals surface area contributed by atoms with Gasteiger partial charge in [0.2, 0.25) is 5.91 Å². The van der Waals surface area contributed by atoms with Crippen molar-refractivity contribution in [2.75, 3.05) is 24.5 Å². The van der Waals surface area contributed by atoms with E-state index in [2.05, 4.69) is 10.2 Å². The lowest BCUT2D eigenvalue weighted by atomic mass is 9.98. The first-order chi connectivity index (χ1) is 10.8. The Hall–Kier alpha value is -1.76. The summed E-state index contributed by atoms with van der Waals surface area (Å²) in [4.78, 5) is 13.0. The average molecular weight is 327 g/mol. The Labute approximate surface area is 132 Å². The molecule has 1 saturated heterocycles. The number of nitrogens with two attached hydrogens (primary N) is 1. The number of carbonyl (C=O) groups is 1. The Balaban J connectivity index is 1.64. The highest BCUT2D eigenvalue weighted by Gasteiger charge is 2.42. The van der Waals surface area contributed by atoms with E-state index in [0.717, 1.165) is 43.8 Å². The summed E-state index contributed by atoms with van der Waals surface area (Å²) in [6.45, 7) is 1.82. The summed E-state index contributed by atoms with van der Waals surface area (Å²) in [5.74, 6) is 0.561. The molecule has 0 aromatic heterocycles. The second kappa shape index (κ2) is 6.03. The van der Waals surface area contributed by atoms with Crippen LogP contribution in [0.4, 0.5) is 18.9 Å². The number of nitrogens with zero attached hydrogens (tertiary/aromatic N) is 1. The van der Waals surface area contributed by atoms with Crippen LogP contribution in [0.2, 0.25) is 0 Å². The lowest BCUT2D eigenvalue weighted by Gasteiger charge is -2.23. The van der Waals surface area contributed by atoms with E-state index in [4.69, 9.17) is 5.73 Å². The van der Waals surface area contributed by atoms with Crippen LogP contribution in [0.15, 0.2) is 24.3 Å². The van der Waals surface area contributed by atoms with Crippen LogP contribution in [0, 0.1) is 11.8 Å².